The van der Waals surface area contributed by atoms with Crippen LogP contribution >= 0.6 is 27.5 Å². The van der Waals surface area contributed by atoms with E-state index in [4.69, 9.17) is 21.1 Å². The Morgan fingerprint density at radius 1 is 1.20 bits per heavy atom. The first-order valence-electron chi connectivity index (χ1n) is 7.20. The van der Waals surface area contributed by atoms with Crippen LogP contribution in [0, 0.1) is 17.8 Å². The van der Waals surface area contributed by atoms with E-state index in [0.29, 0.717) is 5.92 Å². The van der Waals surface area contributed by atoms with Crippen LogP contribution in [0.4, 0.5) is 0 Å². The quantitative estimate of drug-likeness (QED) is 0.689. The van der Waals surface area contributed by atoms with E-state index < -0.39 is 0 Å². The first-order chi connectivity index (χ1) is 9.65. The molecule has 2 aliphatic carbocycles. The molecular weight excluding hydrogens is 340 g/mol. The van der Waals surface area contributed by atoms with E-state index in [0.717, 1.165) is 33.4 Å². The van der Waals surface area contributed by atoms with Gasteiger partial charge < -0.3 is 9.47 Å². The van der Waals surface area contributed by atoms with Crippen LogP contribution in [0.15, 0.2) is 16.6 Å². The van der Waals surface area contributed by atoms with Crippen LogP contribution in [0.5, 0.6) is 11.5 Å². The molecular formula is C16H20BrClO2. The van der Waals surface area contributed by atoms with Crippen molar-refractivity contribution in [3.05, 3.63) is 22.2 Å². The predicted molar refractivity (Wildman–Crippen MR) is 84.8 cm³/mol. The van der Waals surface area contributed by atoms with E-state index in [1.165, 1.54) is 25.7 Å². The van der Waals surface area contributed by atoms with E-state index in [-0.39, 0.29) is 5.38 Å². The minimum atomic E-state index is 0.0301. The molecule has 0 heterocycles. The number of methoxy groups -OCH3 is 2. The predicted octanol–water partition coefficient (Wildman–Crippen LogP) is 5.18. The van der Waals surface area contributed by atoms with Crippen molar-refractivity contribution in [1.82, 2.24) is 0 Å². The number of halogens is 2. The second-order valence-corrected chi connectivity index (χ2v) is 7.21. The standard InChI is InChI=1S/C16H20BrClO2/c1-19-13-6-5-11(16(20-2)14(13)17)15(18)12-8-9-3-4-10(12)7-9/h5-6,9-10,12,15H,3-4,7-8H2,1-2H3. The second-order valence-electron chi connectivity index (χ2n) is 5.94. The summed E-state index contributed by atoms with van der Waals surface area (Å²) in [5, 5.41) is 0.0301. The molecule has 3 rings (SSSR count). The van der Waals surface area contributed by atoms with Crippen molar-refractivity contribution < 1.29 is 9.47 Å². The van der Waals surface area contributed by atoms with Crippen molar-refractivity contribution in [3.8, 4) is 11.5 Å². The van der Waals surface area contributed by atoms with Crippen LogP contribution in [0.1, 0.15) is 36.6 Å². The van der Waals surface area contributed by atoms with Crippen LogP contribution in [0.2, 0.25) is 0 Å². The number of fused-ring (bicyclic) bond motifs is 2. The molecule has 4 unspecified atom stereocenters. The minimum Gasteiger partial charge on any atom is -0.495 e. The molecule has 4 atom stereocenters. The largest absolute Gasteiger partial charge is 0.495 e. The lowest BCUT2D eigenvalue weighted by Crippen LogP contribution is -2.16. The van der Waals surface area contributed by atoms with Gasteiger partial charge in [0.15, 0.2) is 0 Å². The van der Waals surface area contributed by atoms with Gasteiger partial charge in [0.2, 0.25) is 0 Å². The molecule has 1 aromatic rings. The molecule has 2 nitrogen and oxygen atoms in total. The average Bonchev–Trinajstić information content (AvgIpc) is 3.08. The Labute approximate surface area is 133 Å². The van der Waals surface area contributed by atoms with E-state index in [9.17, 15) is 0 Å². The van der Waals surface area contributed by atoms with Gasteiger partial charge in [-0.25, -0.2) is 0 Å². The summed E-state index contributed by atoms with van der Waals surface area (Å²) in [5.74, 6) is 3.88. The van der Waals surface area contributed by atoms with Gasteiger partial charge in [-0.1, -0.05) is 12.5 Å². The molecule has 2 saturated carbocycles. The Kier molecular flexibility index (Phi) is 4.19. The molecule has 0 aromatic heterocycles. The van der Waals surface area contributed by atoms with Crippen LogP contribution in [-0.2, 0) is 0 Å². The van der Waals surface area contributed by atoms with Gasteiger partial charge in [-0.15, -0.1) is 11.6 Å². The fourth-order valence-corrected chi connectivity index (χ4v) is 5.18. The zero-order valence-electron chi connectivity index (χ0n) is 11.9. The normalized spacial score (nSPS) is 29.5. The third-order valence-corrected chi connectivity index (χ3v) is 6.29. The van der Waals surface area contributed by atoms with Crippen molar-refractivity contribution in [1.29, 1.82) is 0 Å². The average molecular weight is 360 g/mol. The topological polar surface area (TPSA) is 18.5 Å². The third kappa shape index (κ3) is 2.33. The van der Waals surface area contributed by atoms with E-state index in [1.54, 1.807) is 14.2 Å². The lowest BCUT2D eigenvalue weighted by molar-refractivity contribution is 0.316. The number of hydrogen-bond donors (Lipinski definition) is 0. The highest BCUT2D eigenvalue weighted by molar-refractivity contribution is 9.10. The number of hydrogen-bond acceptors (Lipinski definition) is 2. The van der Waals surface area contributed by atoms with Gasteiger partial charge in [-0.3, -0.25) is 0 Å². The van der Waals surface area contributed by atoms with E-state index in [2.05, 4.69) is 15.9 Å². The minimum absolute atomic E-state index is 0.0301. The van der Waals surface area contributed by atoms with Gasteiger partial charge in [-0.05, 0) is 59.0 Å². The lowest BCUT2D eigenvalue weighted by Gasteiger charge is -2.28. The second kappa shape index (κ2) is 5.76. The summed E-state index contributed by atoms with van der Waals surface area (Å²) in [6, 6.07) is 4.01. The van der Waals surface area contributed by atoms with Crippen LogP contribution in [0.3, 0.4) is 0 Å². The van der Waals surface area contributed by atoms with Crippen LogP contribution in [0.25, 0.3) is 0 Å². The summed E-state index contributed by atoms with van der Waals surface area (Å²) in [4.78, 5) is 0. The summed E-state index contributed by atoms with van der Waals surface area (Å²) in [6.45, 7) is 0. The Morgan fingerprint density at radius 3 is 2.55 bits per heavy atom. The Morgan fingerprint density at radius 2 is 2.00 bits per heavy atom. The zero-order chi connectivity index (χ0) is 14.3. The first-order valence-corrected chi connectivity index (χ1v) is 8.43. The van der Waals surface area contributed by atoms with Gasteiger partial charge in [0.05, 0.1) is 19.6 Å². The fraction of sp³-hybridized carbons (Fsp3) is 0.625. The van der Waals surface area contributed by atoms with E-state index in [1.807, 2.05) is 12.1 Å². The SMILES string of the molecule is COc1ccc(C(Cl)C2CC3CCC2C3)c(OC)c1Br. The molecule has 2 aliphatic rings. The van der Waals surface area contributed by atoms with Gasteiger partial charge in [-0.2, -0.15) is 0 Å². The summed E-state index contributed by atoms with van der Waals surface area (Å²) in [7, 11) is 3.35. The summed E-state index contributed by atoms with van der Waals surface area (Å²) in [5.41, 5.74) is 1.08. The first kappa shape index (κ1) is 14.5. The molecule has 2 fully saturated rings. The Hall–Kier alpha value is -0.410. The van der Waals surface area contributed by atoms with Crippen LogP contribution < -0.4 is 9.47 Å². The third-order valence-electron chi connectivity index (χ3n) is 4.98. The summed E-state index contributed by atoms with van der Waals surface area (Å²) >= 11 is 10.4. The zero-order valence-corrected chi connectivity index (χ0v) is 14.2. The fourth-order valence-electron chi connectivity index (χ4n) is 4.02. The molecule has 4 heteroatoms. The summed E-state index contributed by atoms with van der Waals surface area (Å²) in [6.07, 6.45) is 5.38. The van der Waals surface area contributed by atoms with Crippen molar-refractivity contribution in [2.45, 2.75) is 31.1 Å². The lowest BCUT2D eigenvalue weighted by atomic mass is 9.83. The molecule has 0 radical (unpaired) electrons. The van der Waals surface area contributed by atoms with Crippen molar-refractivity contribution >= 4 is 27.5 Å². The highest BCUT2D eigenvalue weighted by atomic mass is 79.9. The van der Waals surface area contributed by atoms with Crippen LogP contribution in [-0.4, -0.2) is 14.2 Å². The van der Waals surface area contributed by atoms with E-state index >= 15 is 0 Å². The number of rotatable bonds is 4. The number of benzene rings is 1. The number of alkyl halides is 1. The maximum absolute atomic E-state index is 6.82. The summed E-state index contributed by atoms with van der Waals surface area (Å²) < 4.78 is 11.8. The maximum Gasteiger partial charge on any atom is 0.141 e. The molecule has 0 amide bonds. The molecule has 20 heavy (non-hydrogen) atoms. The van der Waals surface area contributed by atoms with Crippen molar-refractivity contribution in [2.75, 3.05) is 14.2 Å². The van der Waals surface area contributed by atoms with Crippen molar-refractivity contribution in [3.63, 3.8) is 0 Å². The van der Waals surface area contributed by atoms with Gasteiger partial charge >= 0.3 is 0 Å². The molecule has 1 aromatic carbocycles. The number of ether oxygens (including phenoxy) is 2. The van der Waals surface area contributed by atoms with Crippen molar-refractivity contribution in [2.24, 2.45) is 17.8 Å². The Bertz CT molecular complexity index is 505. The smallest absolute Gasteiger partial charge is 0.141 e. The highest BCUT2D eigenvalue weighted by Gasteiger charge is 2.43. The molecule has 110 valence electrons. The van der Waals surface area contributed by atoms with Gasteiger partial charge in [0.1, 0.15) is 16.0 Å². The molecule has 0 N–H and O–H groups in total. The molecule has 2 bridgehead atoms. The van der Waals surface area contributed by atoms with Gasteiger partial charge in [0, 0.05) is 5.56 Å². The maximum atomic E-state index is 6.82. The highest BCUT2D eigenvalue weighted by Crippen LogP contribution is 2.56. The Balaban J connectivity index is 1.91. The molecule has 0 aliphatic heterocycles. The molecule has 0 spiro atoms. The monoisotopic (exact) mass is 358 g/mol. The molecule has 0 saturated heterocycles. The van der Waals surface area contributed by atoms with Gasteiger partial charge in [0.25, 0.3) is 0 Å².